The molecule has 0 fully saturated rings. The molecule has 0 atom stereocenters. The minimum Gasteiger partial charge on any atom is -0.478 e. The van der Waals surface area contributed by atoms with Crippen LogP contribution in [-0.4, -0.2) is 71.4 Å². The Hall–Kier alpha value is -9.66. The van der Waals surface area contributed by atoms with Crippen molar-refractivity contribution in [1.82, 2.24) is 54.4 Å². The minimum absolute atomic E-state index is 0. The van der Waals surface area contributed by atoms with E-state index in [0.29, 0.717) is 40.4 Å². The number of carbonyl (C=O) groups is 2. The average molecular weight is 1210 g/mol. The maximum atomic E-state index is 13.6. The summed E-state index contributed by atoms with van der Waals surface area (Å²) in [5.41, 5.74) is 12.0. The van der Waals surface area contributed by atoms with Crippen LogP contribution in [0.1, 0.15) is 54.4 Å². The number of carbonyl (C=O) groups excluding carboxylic acids is 1. The lowest BCUT2D eigenvalue weighted by molar-refractivity contribution is -0.138. The number of anilines is 6. The van der Waals surface area contributed by atoms with E-state index < -0.39 is 35.4 Å². The number of imidazole rings is 1. The van der Waals surface area contributed by atoms with Crippen LogP contribution in [0.15, 0.2) is 165 Å². The van der Waals surface area contributed by atoms with Crippen molar-refractivity contribution in [3.05, 3.63) is 210 Å². The number of aryl methyl sites for hydroxylation is 4. The predicted molar refractivity (Wildman–Crippen MR) is 299 cm³/mol. The Morgan fingerprint density at radius 2 is 1.15 bits per heavy atom. The van der Waals surface area contributed by atoms with Crippen LogP contribution in [0.25, 0.3) is 33.9 Å². The quantitative estimate of drug-likeness (QED) is 0.0459. The van der Waals surface area contributed by atoms with Gasteiger partial charge in [0, 0.05) is 88.5 Å². The number of aromatic nitrogens is 11. The lowest BCUT2D eigenvalue weighted by Crippen LogP contribution is -2.14. The number of nitrogens with two attached hydrogens (primary N) is 1. The van der Waals surface area contributed by atoms with E-state index in [-0.39, 0.29) is 57.9 Å². The van der Waals surface area contributed by atoms with Crippen LogP contribution >= 0.6 is 24.0 Å². The molecule has 10 rings (SSSR count). The summed E-state index contributed by atoms with van der Waals surface area (Å²) in [6.45, 7) is 7.16. The number of benzene rings is 4. The topological polar surface area (TPSA) is 242 Å². The number of hydrogen-bond donors (Lipinski definition) is 5. The molecule has 1 amide bonds. The van der Waals surface area contributed by atoms with Crippen molar-refractivity contribution in [1.29, 1.82) is 0 Å². The summed E-state index contributed by atoms with van der Waals surface area (Å²) in [5.74, 6) is -0.833. The molecule has 0 unspecified atom stereocenters. The molecule has 25 heteroatoms. The van der Waals surface area contributed by atoms with E-state index in [4.69, 9.17) is 10.8 Å². The maximum Gasteiger partial charge on any atom is 0.416 e. The van der Waals surface area contributed by atoms with Gasteiger partial charge in [-0.2, -0.15) is 26.3 Å². The van der Waals surface area contributed by atoms with E-state index in [2.05, 4.69) is 61.2 Å². The Morgan fingerprint density at radius 1 is 0.600 bits per heavy atom. The highest BCUT2D eigenvalue weighted by Crippen LogP contribution is 2.35. The lowest BCUT2D eigenvalue weighted by atomic mass is 10.1. The second-order valence-electron chi connectivity index (χ2n) is 17.4. The Balaban J connectivity index is 0.000000191. The summed E-state index contributed by atoms with van der Waals surface area (Å²) >= 11 is 0. The van der Waals surface area contributed by atoms with Crippen LogP contribution in [0.4, 0.5) is 61.0 Å². The fraction of sp³-hybridized carbons (Fsp3) is 0.109. The van der Waals surface area contributed by atoms with Gasteiger partial charge in [0.05, 0.1) is 57.7 Å². The molecule has 0 aliphatic carbocycles. The SMILES string of the molecule is Cc1ccc(C(=O)O)cc1Nc1nccc(-c2cccnc2)n1.Cc1cn(-c2cc(N)cc(C(F)(F)F)c2)nn1.Cc1cn(-c2cc(NC(=O)c3ccc(C)c(Nc4nccc(-c5cccnc5)n4)c3)cc(C(F)(F)F)c2)cn1.I. The minimum atomic E-state index is -4.60. The maximum absolute atomic E-state index is 13.6. The lowest BCUT2D eigenvalue weighted by Gasteiger charge is -2.14. The molecule has 408 valence electrons. The fourth-order valence-corrected chi connectivity index (χ4v) is 7.38. The van der Waals surface area contributed by atoms with Gasteiger partial charge in [-0.3, -0.25) is 14.8 Å². The summed E-state index contributed by atoms with van der Waals surface area (Å²) in [4.78, 5) is 53.9. The van der Waals surface area contributed by atoms with Crippen molar-refractivity contribution < 1.29 is 41.0 Å². The van der Waals surface area contributed by atoms with Gasteiger partial charge in [0.25, 0.3) is 5.91 Å². The van der Waals surface area contributed by atoms with Crippen LogP contribution in [-0.2, 0) is 12.4 Å². The zero-order valence-corrected chi connectivity index (χ0v) is 44.9. The van der Waals surface area contributed by atoms with Crippen LogP contribution in [0.3, 0.4) is 0 Å². The second-order valence-corrected chi connectivity index (χ2v) is 17.4. The van der Waals surface area contributed by atoms with Gasteiger partial charge in [-0.05, 0) is 136 Å². The summed E-state index contributed by atoms with van der Waals surface area (Å²) in [5, 5.41) is 25.3. The van der Waals surface area contributed by atoms with Gasteiger partial charge in [0.2, 0.25) is 11.9 Å². The summed E-state index contributed by atoms with van der Waals surface area (Å²) < 4.78 is 81.2. The van der Waals surface area contributed by atoms with Gasteiger partial charge in [0.1, 0.15) is 0 Å². The number of aromatic carboxylic acids is 1. The first-order valence-corrected chi connectivity index (χ1v) is 23.5. The first-order valence-electron chi connectivity index (χ1n) is 23.5. The van der Waals surface area contributed by atoms with E-state index >= 15 is 0 Å². The summed E-state index contributed by atoms with van der Waals surface area (Å²) in [7, 11) is 0. The molecule has 6 heterocycles. The fourth-order valence-electron chi connectivity index (χ4n) is 7.38. The Kier molecular flexibility index (Phi) is 18.3. The smallest absolute Gasteiger partial charge is 0.416 e. The van der Waals surface area contributed by atoms with Gasteiger partial charge in [-0.25, -0.2) is 34.4 Å². The zero-order valence-electron chi connectivity index (χ0n) is 42.5. The highest BCUT2D eigenvalue weighted by molar-refractivity contribution is 14.0. The molecule has 0 bridgehead atoms. The molecule has 0 spiro atoms. The molecule has 6 aromatic heterocycles. The largest absolute Gasteiger partial charge is 0.478 e. The third-order valence-electron chi connectivity index (χ3n) is 11.4. The highest BCUT2D eigenvalue weighted by Gasteiger charge is 2.32. The number of nitrogen functional groups attached to an aromatic ring is 1. The number of amides is 1. The normalized spacial score (nSPS) is 11.0. The Bertz CT molecular complexity index is 3790. The van der Waals surface area contributed by atoms with E-state index in [0.717, 1.165) is 52.2 Å². The van der Waals surface area contributed by atoms with Crippen molar-refractivity contribution in [2.45, 2.75) is 40.0 Å². The van der Waals surface area contributed by atoms with Gasteiger partial charge >= 0.3 is 18.3 Å². The molecule has 18 nitrogen and oxygen atoms in total. The molecular weight excluding hydrogens is 1160 g/mol. The summed E-state index contributed by atoms with van der Waals surface area (Å²) in [6, 6.07) is 27.4. The predicted octanol–water partition coefficient (Wildman–Crippen LogP) is 12.4. The molecule has 80 heavy (non-hydrogen) atoms. The highest BCUT2D eigenvalue weighted by atomic mass is 127. The third kappa shape index (κ3) is 15.3. The van der Waals surface area contributed by atoms with Crippen LogP contribution < -0.4 is 21.7 Å². The van der Waals surface area contributed by atoms with Crippen LogP contribution in [0, 0.1) is 27.7 Å². The zero-order chi connectivity index (χ0) is 56.4. The first kappa shape index (κ1) is 58.0. The third-order valence-corrected chi connectivity index (χ3v) is 11.4. The molecule has 6 N–H and O–H groups in total. The molecule has 4 aromatic carbocycles. The number of halogens is 7. The standard InChI is InChI=1S/C28H22F3N7O.C17H14N4O2.C10H9F3N4.HI/c1-17-5-6-19(10-25(17)37-27-33-9-7-24(36-27)20-4-3-8-32-14-20)26(39)35-22-11-21(28(29,30)31)12-23(13-22)38-15-18(2)34-16-38;1-11-4-5-12(16(22)23)9-15(11)21-17-19-8-6-14(20-17)13-3-2-7-18-10-13;1-6-5-17(16-15-6)9-3-7(10(11,12)13)2-8(14)4-9;/h3-16H,1-2H3,(H,35,39)(H,33,36,37);2-10H,1H3,(H,22,23)(H,19,20,21);2-5H,14H2,1H3;1H. The molecule has 0 aliphatic rings. The summed E-state index contributed by atoms with van der Waals surface area (Å²) in [6.07, 6.45) is 5.55. The number of alkyl halides is 6. The second kappa shape index (κ2) is 25.2. The van der Waals surface area contributed by atoms with Crippen LogP contribution in [0.5, 0.6) is 0 Å². The van der Waals surface area contributed by atoms with E-state index in [1.165, 1.54) is 33.9 Å². The molecule has 0 saturated carbocycles. The van der Waals surface area contributed by atoms with Gasteiger partial charge in [-0.15, -0.1) is 29.1 Å². The van der Waals surface area contributed by atoms with Gasteiger partial charge < -0.3 is 31.4 Å². The molecular formula is C55H46F6IN15O3. The number of pyridine rings is 2. The van der Waals surface area contributed by atoms with Crippen LogP contribution in [0.2, 0.25) is 0 Å². The number of nitrogens with one attached hydrogen (secondary N) is 3. The average Bonchev–Trinajstić information content (AvgIpc) is 4.08. The van der Waals surface area contributed by atoms with Crippen molar-refractivity contribution >= 4 is 70.5 Å². The molecule has 0 radical (unpaired) electrons. The molecule has 10 aromatic rings. The molecule has 0 aliphatic heterocycles. The van der Waals surface area contributed by atoms with Gasteiger partial charge in [-0.1, -0.05) is 17.3 Å². The Labute approximate surface area is 469 Å². The number of carboxylic acid groups (broad SMARTS) is 1. The van der Waals surface area contributed by atoms with Crippen molar-refractivity contribution in [3.63, 3.8) is 0 Å². The number of hydrogen-bond acceptors (Lipinski definition) is 14. The van der Waals surface area contributed by atoms with E-state index in [1.54, 1.807) is 112 Å². The molecule has 0 saturated heterocycles. The van der Waals surface area contributed by atoms with Crippen molar-refractivity contribution in [3.8, 4) is 33.9 Å². The monoisotopic (exact) mass is 1210 g/mol. The number of nitrogens with zero attached hydrogens (tertiary/aromatic N) is 11. The number of carboxylic acids is 1. The van der Waals surface area contributed by atoms with E-state index in [9.17, 15) is 35.9 Å². The van der Waals surface area contributed by atoms with E-state index in [1.807, 2.05) is 32.0 Å². The first-order chi connectivity index (χ1) is 37.6. The van der Waals surface area contributed by atoms with Crippen molar-refractivity contribution in [2.24, 2.45) is 0 Å². The number of rotatable bonds is 11. The van der Waals surface area contributed by atoms with Gasteiger partial charge in [0.15, 0.2) is 0 Å². The Morgan fingerprint density at radius 3 is 1.65 bits per heavy atom. The van der Waals surface area contributed by atoms with Crippen molar-refractivity contribution in [2.75, 3.05) is 21.7 Å².